The monoisotopic (exact) mass is 260 g/mol. The van der Waals surface area contributed by atoms with Gasteiger partial charge in [0.1, 0.15) is 5.75 Å². The van der Waals surface area contributed by atoms with Crippen LogP contribution in [0, 0.1) is 0 Å². The highest BCUT2D eigenvalue weighted by atomic mass is 16.5. The van der Waals surface area contributed by atoms with E-state index in [9.17, 15) is 0 Å². The Hall–Kier alpha value is -1.22. The van der Waals surface area contributed by atoms with Crippen LogP contribution in [0.1, 0.15) is 44.2 Å². The van der Waals surface area contributed by atoms with Gasteiger partial charge in [-0.25, -0.2) is 0 Å². The molecule has 3 rings (SSSR count). The summed E-state index contributed by atoms with van der Waals surface area (Å²) in [4.78, 5) is 2.67. The van der Waals surface area contributed by atoms with E-state index in [1.165, 1.54) is 50.0 Å². The molecule has 1 fully saturated rings. The van der Waals surface area contributed by atoms with Gasteiger partial charge in [-0.1, -0.05) is 6.42 Å². The number of ether oxygens (including phenoxy) is 1. The van der Waals surface area contributed by atoms with Gasteiger partial charge in [0.2, 0.25) is 0 Å². The van der Waals surface area contributed by atoms with Crippen LogP contribution in [-0.4, -0.2) is 31.1 Å². The predicted octanol–water partition coefficient (Wildman–Crippen LogP) is 3.43. The molecule has 0 radical (unpaired) electrons. The molecule has 2 aliphatic rings. The molecule has 19 heavy (non-hydrogen) atoms. The highest BCUT2D eigenvalue weighted by molar-refractivity contribution is 5.58. The number of fused-ring (bicyclic) bond motifs is 1. The first-order valence-corrected chi connectivity index (χ1v) is 7.46. The SMILES string of the molecule is COc1ccc2c(c1)C(N1CCCCC1)CC(C)N2. The predicted molar refractivity (Wildman–Crippen MR) is 78.9 cm³/mol. The van der Waals surface area contributed by atoms with Gasteiger partial charge in [0.15, 0.2) is 0 Å². The van der Waals surface area contributed by atoms with Crippen LogP contribution in [0.15, 0.2) is 18.2 Å². The van der Waals surface area contributed by atoms with E-state index in [2.05, 4.69) is 35.3 Å². The molecule has 104 valence electrons. The molecular weight excluding hydrogens is 236 g/mol. The number of piperidine rings is 1. The zero-order chi connectivity index (χ0) is 13.2. The van der Waals surface area contributed by atoms with Gasteiger partial charge in [-0.3, -0.25) is 4.90 Å². The third-order valence-corrected chi connectivity index (χ3v) is 4.43. The summed E-state index contributed by atoms with van der Waals surface area (Å²) in [5.74, 6) is 0.970. The second-order valence-corrected chi connectivity index (χ2v) is 5.85. The third kappa shape index (κ3) is 2.57. The summed E-state index contributed by atoms with van der Waals surface area (Å²) in [6.07, 6.45) is 5.28. The number of nitrogens with one attached hydrogen (secondary N) is 1. The maximum Gasteiger partial charge on any atom is 0.119 e. The molecule has 2 atom stereocenters. The zero-order valence-electron chi connectivity index (χ0n) is 12.0. The molecule has 2 unspecified atom stereocenters. The summed E-state index contributed by atoms with van der Waals surface area (Å²) < 4.78 is 5.40. The molecule has 0 spiro atoms. The highest BCUT2D eigenvalue weighted by Gasteiger charge is 2.30. The van der Waals surface area contributed by atoms with Crippen molar-refractivity contribution >= 4 is 5.69 Å². The molecule has 2 heterocycles. The highest BCUT2D eigenvalue weighted by Crippen LogP contribution is 2.39. The van der Waals surface area contributed by atoms with E-state index < -0.39 is 0 Å². The van der Waals surface area contributed by atoms with E-state index in [1.54, 1.807) is 7.11 Å². The van der Waals surface area contributed by atoms with Crippen LogP contribution in [-0.2, 0) is 0 Å². The average molecular weight is 260 g/mol. The second kappa shape index (κ2) is 5.41. The van der Waals surface area contributed by atoms with Crippen molar-refractivity contribution in [2.24, 2.45) is 0 Å². The Balaban J connectivity index is 1.92. The van der Waals surface area contributed by atoms with Crippen molar-refractivity contribution in [1.82, 2.24) is 4.90 Å². The van der Waals surface area contributed by atoms with Gasteiger partial charge in [-0.2, -0.15) is 0 Å². The van der Waals surface area contributed by atoms with E-state index in [1.807, 2.05) is 0 Å². The van der Waals surface area contributed by atoms with E-state index in [4.69, 9.17) is 4.74 Å². The summed E-state index contributed by atoms with van der Waals surface area (Å²) >= 11 is 0. The Kier molecular flexibility index (Phi) is 3.65. The molecular formula is C16H24N2O. The topological polar surface area (TPSA) is 24.5 Å². The molecule has 1 saturated heterocycles. The number of benzene rings is 1. The first kappa shape index (κ1) is 12.8. The maximum atomic E-state index is 5.40. The van der Waals surface area contributed by atoms with Crippen LogP contribution < -0.4 is 10.1 Å². The van der Waals surface area contributed by atoms with Gasteiger partial charge >= 0.3 is 0 Å². The molecule has 0 saturated carbocycles. The molecule has 0 amide bonds. The maximum absolute atomic E-state index is 5.40. The number of nitrogens with zero attached hydrogens (tertiary/aromatic N) is 1. The van der Waals surface area contributed by atoms with Crippen molar-refractivity contribution in [3.63, 3.8) is 0 Å². The molecule has 0 aromatic heterocycles. The summed E-state index contributed by atoms with van der Waals surface area (Å²) in [7, 11) is 1.75. The van der Waals surface area contributed by atoms with Crippen LogP contribution >= 0.6 is 0 Å². The average Bonchev–Trinajstić information content (AvgIpc) is 2.47. The second-order valence-electron chi connectivity index (χ2n) is 5.85. The van der Waals surface area contributed by atoms with Crippen molar-refractivity contribution in [3.05, 3.63) is 23.8 Å². The van der Waals surface area contributed by atoms with Crippen molar-refractivity contribution in [1.29, 1.82) is 0 Å². The lowest BCUT2D eigenvalue weighted by Gasteiger charge is -2.40. The lowest BCUT2D eigenvalue weighted by molar-refractivity contribution is 0.149. The number of likely N-dealkylation sites (tertiary alicyclic amines) is 1. The van der Waals surface area contributed by atoms with Crippen LogP contribution in [0.25, 0.3) is 0 Å². The third-order valence-electron chi connectivity index (χ3n) is 4.43. The smallest absolute Gasteiger partial charge is 0.119 e. The quantitative estimate of drug-likeness (QED) is 0.881. The minimum Gasteiger partial charge on any atom is -0.497 e. The largest absolute Gasteiger partial charge is 0.497 e. The van der Waals surface area contributed by atoms with Crippen LogP contribution in [0.5, 0.6) is 5.75 Å². The molecule has 3 heteroatoms. The number of methoxy groups -OCH3 is 1. The Morgan fingerprint density at radius 1 is 1.21 bits per heavy atom. The number of rotatable bonds is 2. The normalized spacial score (nSPS) is 27.5. The molecule has 1 aromatic carbocycles. The fraction of sp³-hybridized carbons (Fsp3) is 0.625. The minimum absolute atomic E-state index is 0.549. The van der Waals surface area contributed by atoms with Crippen LogP contribution in [0.3, 0.4) is 0 Å². The lowest BCUT2D eigenvalue weighted by Crippen LogP contribution is -2.39. The standard InChI is InChI=1S/C16H24N2O/c1-12-10-16(18-8-4-3-5-9-18)14-11-13(19-2)6-7-15(14)17-12/h6-7,11-12,16-17H,3-5,8-10H2,1-2H3. The van der Waals surface area contributed by atoms with E-state index >= 15 is 0 Å². The van der Waals surface area contributed by atoms with Gasteiger partial charge in [-0.05, 0) is 63.0 Å². The van der Waals surface area contributed by atoms with Crippen molar-refractivity contribution < 1.29 is 4.74 Å². The molecule has 1 aromatic rings. The Morgan fingerprint density at radius 3 is 2.74 bits per heavy atom. The summed E-state index contributed by atoms with van der Waals surface area (Å²) in [5.41, 5.74) is 2.70. The molecule has 0 bridgehead atoms. The van der Waals surface area contributed by atoms with Crippen LogP contribution in [0.4, 0.5) is 5.69 Å². The molecule has 1 N–H and O–H groups in total. The fourth-order valence-corrected chi connectivity index (χ4v) is 3.44. The Bertz CT molecular complexity index is 440. The minimum atomic E-state index is 0.549. The number of hydrogen-bond acceptors (Lipinski definition) is 3. The molecule has 2 aliphatic heterocycles. The lowest BCUT2D eigenvalue weighted by atomic mass is 9.91. The summed E-state index contributed by atoms with van der Waals surface area (Å²) in [5, 5.41) is 3.60. The molecule has 3 nitrogen and oxygen atoms in total. The van der Waals surface area contributed by atoms with Gasteiger partial charge in [-0.15, -0.1) is 0 Å². The summed E-state index contributed by atoms with van der Waals surface area (Å²) in [6.45, 7) is 4.77. The number of hydrogen-bond donors (Lipinski definition) is 1. The van der Waals surface area contributed by atoms with Crippen molar-refractivity contribution in [2.45, 2.75) is 44.7 Å². The first-order chi connectivity index (χ1) is 9.28. The van der Waals surface area contributed by atoms with Gasteiger partial charge < -0.3 is 10.1 Å². The van der Waals surface area contributed by atoms with Crippen LogP contribution in [0.2, 0.25) is 0 Å². The summed E-state index contributed by atoms with van der Waals surface area (Å²) in [6, 6.07) is 7.54. The van der Waals surface area contributed by atoms with Gasteiger partial charge in [0, 0.05) is 17.8 Å². The van der Waals surface area contributed by atoms with E-state index in [-0.39, 0.29) is 0 Å². The van der Waals surface area contributed by atoms with Gasteiger partial charge in [0.05, 0.1) is 7.11 Å². The van der Waals surface area contributed by atoms with Gasteiger partial charge in [0.25, 0.3) is 0 Å². The number of anilines is 1. The molecule has 0 aliphatic carbocycles. The fourth-order valence-electron chi connectivity index (χ4n) is 3.44. The van der Waals surface area contributed by atoms with Crippen molar-refractivity contribution in [2.75, 3.05) is 25.5 Å². The first-order valence-electron chi connectivity index (χ1n) is 7.46. The zero-order valence-corrected chi connectivity index (χ0v) is 12.0. The Labute approximate surface area is 115 Å². The Morgan fingerprint density at radius 2 is 2.00 bits per heavy atom. The van der Waals surface area contributed by atoms with Crippen molar-refractivity contribution in [3.8, 4) is 5.75 Å². The van der Waals surface area contributed by atoms with E-state index in [0.717, 1.165) is 5.75 Å². The van der Waals surface area contributed by atoms with E-state index in [0.29, 0.717) is 12.1 Å².